The first-order valence-corrected chi connectivity index (χ1v) is 8.62. The summed E-state index contributed by atoms with van der Waals surface area (Å²) in [6.45, 7) is 10.9. The van der Waals surface area contributed by atoms with Crippen LogP contribution >= 0.6 is 0 Å². The Morgan fingerprint density at radius 2 is 1.54 bits per heavy atom. The Morgan fingerprint density at radius 3 is 1.96 bits per heavy atom. The van der Waals surface area contributed by atoms with Crippen LogP contribution in [0.15, 0.2) is 22.5 Å². The number of halogens is 3. The number of rotatable bonds is 13. The summed E-state index contributed by atoms with van der Waals surface area (Å²) in [4.78, 5) is 23.2. The number of carbonyl (C=O) groups excluding carboxylic acids is 2. The summed E-state index contributed by atoms with van der Waals surface area (Å²) < 4.78 is 0. The molecule has 0 saturated heterocycles. The van der Waals surface area contributed by atoms with E-state index in [0.717, 1.165) is 19.3 Å². The van der Waals surface area contributed by atoms with Gasteiger partial charge >= 0.3 is 0 Å². The Labute approximate surface area is 188 Å². The first-order valence-electron chi connectivity index (χ1n) is 8.62. The first-order chi connectivity index (χ1) is 10.9. The van der Waals surface area contributed by atoms with Crippen LogP contribution in [0.3, 0.4) is 0 Å². The van der Waals surface area contributed by atoms with Crippen molar-refractivity contribution >= 4 is 11.7 Å². The molecule has 0 aliphatic carbocycles. The van der Waals surface area contributed by atoms with Crippen molar-refractivity contribution in [3.63, 3.8) is 0 Å². The molecule has 0 aliphatic heterocycles. The molecule has 0 aliphatic rings. The Bertz CT molecular complexity index is 426. The molecule has 0 aromatic heterocycles. The molecule has 0 fully saturated rings. The van der Waals surface area contributed by atoms with Crippen LogP contribution in [0.5, 0.6) is 0 Å². The normalized spacial score (nSPS) is 11.3. The summed E-state index contributed by atoms with van der Waals surface area (Å²) in [5, 5.41) is 11.0. The maximum atomic E-state index is 11.6. The molecular weight excluding hydrogens is 427 g/mol. The Kier molecular flexibility index (Phi) is 38.9. The highest BCUT2D eigenvalue weighted by atomic mass is 35.5. The number of nitrogens with zero attached hydrogens (tertiary/aromatic N) is 2. The third-order valence-electron chi connectivity index (χ3n) is 3.65. The molecule has 11 heteroatoms. The van der Waals surface area contributed by atoms with Gasteiger partial charge in [-0.25, -0.2) is 0 Å². The second-order valence-corrected chi connectivity index (χ2v) is 5.98. The van der Waals surface area contributed by atoms with Gasteiger partial charge < -0.3 is 54.8 Å². The van der Waals surface area contributed by atoms with E-state index < -0.39 is 0 Å². The highest BCUT2D eigenvalue weighted by Gasteiger charge is 2.15. The Morgan fingerprint density at radius 1 is 1.00 bits per heavy atom. The largest absolute Gasteiger partial charge is 1.00 e. The van der Waals surface area contributed by atoms with Gasteiger partial charge in [-0.1, -0.05) is 52.5 Å². The Hall–Kier alpha value is -0.770. The van der Waals surface area contributed by atoms with Gasteiger partial charge in [-0.05, 0) is 20.3 Å². The van der Waals surface area contributed by atoms with Crippen molar-refractivity contribution in [2.75, 3.05) is 0 Å². The zero-order valence-corrected chi connectivity index (χ0v) is 20.5. The van der Waals surface area contributed by atoms with Crippen LogP contribution in [0.2, 0.25) is 0 Å². The molecule has 0 aromatic carbocycles. The Balaban J connectivity index is -0.000000242. The molecule has 28 heavy (non-hydrogen) atoms. The monoisotopic (exact) mass is 466 g/mol. The molecule has 0 spiro atoms. The van der Waals surface area contributed by atoms with E-state index >= 15 is 0 Å². The van der Waals surface area contributed by atoms with Gasteiger partial charge in [0.2, 0.25) is 0 Å². The summed E-state index contributed by atoms with van der Waals surface area (Å²) in [7, 11) is 0. The van der Waals surface area contributed by atoms with Crippen molar-refractivity contribution in [2.45, 2.75) is 84.8 Å². The van der Waals surface area contributed by atoms with Gasteiger partial charge in [0.15, 0.2) is 11.9 Å². The van der Waals surface area contributed by atoms with Gasteiger partial charge in [0.1, 0.15) is 6.04 Å². The third-order valence-corrected chi connectivity index (χ3v) is 3.65. The van der Waals surface area contributed by atoms with Crippen molar-refractivity contribution in [3.8, 4) is 0 Å². The highest BCUT2D eigenvalue weighted by molar-refractivity contribution is 5.92. The van der Waals surface area contributed by atoms with Crippen LogP contribution < -0.4 is 60.3 Å². The number of ketones is 1. The second-order valence-electron chi connectivity index (χ2n) is 5.98. The topological polar surface area (TPSA) is 160 Å². The smallest absolute Gasteiger partial charge is 0.250 e. The van der Waals surface area contributed by atoms with Crippen molar-refractivity contribution in [2.24, 2.45) is 10.3 Å². The molecule has 0 rings (SSSR count). The minimum absolute atomic E-state index is 0. The fraction of sp³-hybridized carbons (Fsp3) is 0.765. The number of quaternary nitrogens is 3. The average Bonchev–Trinajstić information content (AvgIpc) is 2.51. The molecule has 2 atom stereocenters. The van der Waals surface area contributed by atoms with Crippen LogP contribution in [0.1, 0.15) is 72.6 Å². The molecule has 8 nitrogen and oxygen atoms in total. The summed E-state index contributed by atoms with van der Waals surface area (Å²) in [6.07, 6.45) is 7.02. The maximum Gasteiger partial charge on any atom is 0.250 e. The number of hydrogen-bond donors (Lipinski definition) is 4. The van der Waals surface area contributed by atoms with Crippen molar-refractivity contribution in [1.82, 2.24) is 17.6 Å². The third kappa shape index (κ3) is 21.5. The second kappa shape index (κ2) is 26.2. The quantitative estimate of drug-likeness (QED) is 0.0531. The molecule has 172 valence electrons. The van der Waals surface area contributed by atoms with E-state index in [4.69, 9.17) is 0 Å². The van der Waals surface area contributed by atoms with Crippen LogP contribution in [-0.4, -0.2) is 23.9 Å². The molecule has 11 N–H and O–H groups in total. The van der Waals surface area contributed by atoms with Crippen molar-refractivity contribution in [3.05, 3.63) is 12.2 Å². The van der Waals surface area contributed by atoms with Gasteiger partial charge in [0.05, 0.1) is 0 Å². The van der Waals surface area contributed by atoms with Crippen LogP contribution in [-0.2, 0) is 9.59 Å². The molecule has 0 saturated carbocycles. The van der Waals surface area contributed by atoms with Gasteiger partial charge in [0, 0.05) is 17.2 Å². The number of carbonyl (C=O) groups is 2. The first kappa shape index (κ1) is 41.6. The fourth-order valence-electron chi connectivity index (χ4n) is 2.02. The van der Waals surface area contributed by atoms with E-state index in [1.54, 1.807) is 19.3 Å². The minimum Gasteiger partial charge on any atom is -1.00 e. The molecule has 0 heterocycles. The number of amides is 1. The van der Waals surface area contributed by atoms with Gasteiger partial charge in [-0.3, -0.25) is 9.59 Å². The van der Waals surface area contributed by atoms with E-state index in [0.29, 0.717) is 12.0 Å². The lowest BCUT2D eigenvalue weighted by atomic mass is 10.0. The summed E-state index contributed by atoms with van der Waals surface area (Å²) >= 11 is 0. The van der Waals surface area contributed by atoms with Crippen LogP contribution in [0.25, 0.3) is 0 Å². The van der Waals surface area contributed by atoms with E-state index in [9.17, 15) is 9.59 Å². The summed E-state index contributed by atoms with van der Waals surface area (Å²) in [5.74, 6) is -0.154. The standard InChI is InChI=1S/C17H32N4O2.3ClH.2H3N/c1-6-8-9-10-11-12-15(14(5)22)19-21-20-16(7-2)18-17(23)13(3)4;;;;;/h15-16H,3,6-12H2,1-2,4-5H3,(H,18,23)(H,19,20);3*1H;2*1H3. The predicted molar refractivity (Wildman–Crippen MR) is 104 cm³/mol. The van der Waals surface area contributed by atoms with E-state index in [1.165, 1.54) is 19.3 Å². The predicted octanol–water partition coefficient (Wildman–Crippen LogP) is -5.57. The number of hydrogen-bond acceptors (Lipinski definition) is 4. The zero-order chi connectivity index (χ0) is 17.7. The SMILES string of the molecule is C=C(C)C(=O)NC(CC)[NH2+]N=NC(CCCCCCC)C(C)=O.[Cl-].[Cl-].[Cl-].[NH4+].[NH4+]. The number of nitrogens with two attached hydrogens (primary N) is 1. The van der Waals surface area contributed by atoms with Crippen LogP contribution in [0.4, 0.5) is 0 Å². The van der Waals surface area contributed by atoms with Crippen LogP contribution in [0, 0.1) is 0 Å². The van der Waals surface area contributed by atoms with E-state index in [2.05, 4.69) is 29.2 Å². The highest BCUT2D eigenvalue weighted by Crippen LogP contribution is 2.10. The van der Waals surface area contributed by atoms with E-state index in [-0.39, 0.29) is 73.4 Å². The van der Waals surface area contributed by atoms with E-state index in [1.807, 2.05) is 6.92 Å². The maximum absolute atomic E-state index is 11.6. The molecule has 0 radical (unpaired) electrons. The molecule has 1 amide bonds. The zero-order valence-electron chi connectivity index (χ0n) is 18.2. The molecule has 2 unspecified atom stereocenters. The van der Waals surface area contributed by atoms with Crippen molar-refractivity contribution < 1.29 is 52.2 Å². The molecular formula is C17H41Cl3N6O2. The molecule has 0 bridgehead atoms. The number of Topliss-reactive ketones (excluding diaryl/α,β-unsaturated/α-hetero) is 1. The van der Waals surface area contributed by atoms with Gasteiger partial charge in [0.25, 0.3) is 5.91 Å². The summed E-state index contributed by atoms with van der Waals surface area (Å²) in [6, 6.07) is -0.373. The average molecular weight is 468 g/mol. The number of unbranched alkanes of at least 4 members (excludes halogenated alkanes) is 4. The van der Waals surface area contributed by atoms with Gasteiger partial charge in [-0.15, -0.1) is 5.11 Å². The molecule has 0 aromatic rings. The lowest BCUT2D eigenvalue weighted by Gasteiger charge is -2.12. The number of nitrogens with one attached hydrogen (secondary N) is 1. The summed E-state index contributed by atoms with van der Waals surface area (Å²) in [5.41, 5.74) is 2.05. The lowest BCUT2D eigenvalue weighted by Crippen LogP contribution is -3.00. The van der Waals surface area contributed by atoms with Gasteiger partial charge in [-0.2, -0.15) is 5.43 Å². The van der Waals surface area contributed by atoms with Crippen molar-refractivity contribution in [1.29, 1.82) is 0 Å². The minimum atomic E-state index is -0.373. The fourth-order valence-corrected chi connectivity index (χ4v) is 2.02. The lowest BCUT2D eigenvalue weighted by molar-refractivity contribution is -0.706.